The lowest BCUT2D eigenvalue weighted by Gasteiger charge is -2.42. The molecule has 2 aliphatic rings. The second-order valence-corrected chi connectivity index (χ2v) is 15.5. The van der Waals surface area contributed by atoms with Gasteiger partial charge < -0.3 is 9.80 Å². The normalized spacial score (nSPS) is 17.9. The van der Waals surface area contributed by atoms with Crippen LogP contribution in [0.15, 0.2) is 168 Å². The Labute approximate surface area is 284 Å². The molecule has 0 saturated carbocycles. The standard InChI is InChI=1S/C43H40N2O2S/c1-31-15-7-6-14-30-44(39-19-11-8-16-36(39)42(31,2)3)32-22-26-34(27-23-32)48(46,47)35-28-24-33(25-29-35)45-40-20-12-9-17-37(40)43(4,5)38-18-10-13-21-41(38)45/h6-29H,1,30H2,2-5H3/b14-6-,15-7-. The molecular formula is C43H40N2O2S. The van der Waals surface area contributed by atoms with E-state index in [4.69, 9.17) is 0 Å². The molecule has 0 bridgehead atoms. The highest BCUT2D eigenvalue weighted by atomic mass is 32.2. The maximum Gasteiger partial charge on any atom is 0.206 e. The highest BCUT2D eigenvalue weighted by molar-refractivity contribution is 7.91. The molecule has 7 rings (SSSR count). The lowest BCUT2D eigenvalue weighted by molar-refractivity contribution is 0.596. The fraction of sp³-hybridized carbons (Fsp3) is 0.163. The van der Waals surface area contributed by atoms with E-state index in [9.17, 15) is 8.42 Å². The second kappa shape index (κ2) is 11.8. The van der Waals surface area contributed by atoms with E-state index in [0.29, 0.717) is 6.54 Å². The van der Waals surface area contributed by atoms with Crippen LogP contribution in [0.1, 0.15) is 44.4 Å². The quantitative estimate of drug-likeness (QED) is 0.194. The molecule has 240 valence electrons. The van der Waals surface area contributed by atoms with Crippen LogP contribution >= 0.6 is 0 Å². The molecule has 4 nitrogen and oxygen atoms in total. The first-order valence-electron chi connectivity index (χ1n) is 16.4. The molecule has 0 aromatic heterocycles. The minimum Gasteiger partial charge on any atom is -0.337 e. The van der Waals surface area contributed by atoms with Gasteiger partial charge in [0.25, 0.3) is 0 Å². The average Bonchev–Trinajstić information content (AvgIpc) is 3.10. The zero-order valence-corrected chi connectivity index (χ0v) is 28.7. The van der Waals surface area contributed by atoms with Crippen LogP contribution in [0.3, 0.4) is 0 Å². The number of benzene rings is 5. The maximum absolute atomic E-state index is 13.9. The van der Waals surface area contributed by atoms with Gasteiger partial charge in [-0.3, -0.25) is 0 Å². The topological polar surface area (TPSA) is 40.6 Å². The molecule has 0 amide bonds. The maximum atomic E-state index is 13.9. The van der Waals surface area contributed by atoms with Crippen molar-refractivity contribution in [2.75, 3.05) is 16.3 Å². The number of anilines is 5. The molecule has 48 heavy (non-hydrogen) atoms. The summed E-state index contributed by atoms with van der Waals surface area (Å²) in [5.74, 6) is 0. The Morgan fingerprint density at radius 2 is 1.02 bits per heavy atom. The zero-order chi connectivity index (χ0) is 33.7. The minimum absolute atomic E-state index is 0.162. The number of sulfone groups is 1. The van der Waals surface area contributed by atoms with Gasteiger partial charge in [-0.05, 0) is 89.0 Å². The minimum atomic E-state index is -3.76. The summed E-state index contributed by atoms with van der Waals surface area (Å²) < 4.78 is 27.9. The van der Waals surface area contributed by atoms with Crippen LogP contribution in [0, 0.1) is 0 Å². The Bertz CT molecular complexity index is 2140. The van der Waals surface area contributed by atoms with Gasteiger partial charge in [0.05, 0.1) is 21.2 Å². The predicted molar refractivity (Wildman–Crippen MR) is 199 cm³/mol. The molecule has 0 unspecified atom stereocenters. The Morgan fingerprint density at radius 3 is 1.56 bits per heavy atom. The Balaban J connectivity index is 1.22. The van der Waals surface area contributed by atoms with E-state index in [-0.39, 0.29) is 20.6 Å². The predicted octanol–water partition coefficient (Wildman–Crippen LogP) is 10.7. The smallest absolute Gasteiger partial charge is 0.206 e. The second-order valence-electron chi connectivity index (χ2n) is 13.6. The van der Waals surface area contributed by atoms with Crippen molar-refractivity contribution >= 4 is 38.3 Å². The summed E-state index contributed by atoms with van der Waals surface area (Å²) in [4.78, 5) is 4.97. The first kappa shape index (κ1) is 31.5. The number of hydrogen-bond acceptors (Lipinski definition) is 4. The third kappa shape index (κ3) is 5.19. The van der Waals surface area contributed by atoms with E-state index in [0.717, 1.165) is 39.6 Å². The van der Waals surface area contributed by atoms with E-state index < -0.39 is 9.84 Å². The summed E-state index contributed by atoms with van der Waals surface area (Å²) in [6.07, 6.45) is 8.23. The number of hydrogen-bond donors (Lipinski definition) is 0. The number of rotatable bonds is 4. The van der Waals surface area contributed by atoms with Gasteiger partial charge in [-0.25, -0.2) is 8.42 Å². The average molecular weight is 649 g/mol. The molecule has 0 aliphatic carbocycles. The van der Waals surface area contributed by atoms with Gasteiger partial charge >= 0.3 is 0 Å². The third-order valence-corrected chi connectivity index (χ3v) is 11.8. The van der Waals surface area contributed by atoms with Crippen LogP contribution in [0.25, 0.3) is 0 Å². The summed E-state index contributed by atoms with van der Waals surface area (Å²) in [6, 6.07) is 39.8. The van der Waals surface area contributed by atoms with E-state index in [1.807, 2.05) is 42.5 Å². The number of para-hydroxylation sites is 3. The molecule has 5 aromatic rings. The molecule has 0 atom stereocenters. The van der Waals surface area contributed by atoms with Gasteiger partial charge in [0.1, 0.15) is 0 Å². The third-order valence-electron chi connectivity index (χ3n) is 10.0. The SMILES string of the molecule is C=C1/C=C\C=C/CN(c2ccc(S(=O)(=O)c3ccc(N4c5ccccc5C(C)(C)c5ccccc54)cc3)cc2)c2ccccc2C1(C)C. The Hall–Kier alpha value is -5.13. The number of fused-ring (bicyclic) bond motifs is 3. The summed E-state index contributed by atoms with van der Waals surface area (Å²) in [6.45, 7) is 13.9. The van der Waals surface area contributed by atoms with E-state index in [1.165, 1.54) is 11.1 Å². The van der Waals surface area contributed by atoms with Gasteiger partial charge in [0.15, 0.2) is 0 Å². The summed E-state index contributed by atoms with van der Waals surface area (Å²) in [7, 11) is -3.76. The molecule has 2 heterocycles. The van der Waals surface area contributed by atoms with Crippen molar-refractivity contribution in [3.63, 3.8) is 0 Å². The largest absolute Gasteiger partial charge is 0.337 e. The molecule has 0 spiro atoms. The van der Waals surface area contributed by atoms with Crippen molar-refractivity contribution in [3.8, 4) is 0 Å². The van der Waals surface area contributed by atoms with Crippen molar-refractivity contribution in [2.24, 2.45) is 0 Å². The Morgan fingerprint density at radius 1 is 0.562 bits per heavy atom. The van der Waals surface area contributed by atoms with Crippen molar-refractivity contribution in [1.82, 2.24) is 0 Å². The van der Waals surface area contributed by atoms with Gasteiger partial charge in [0, 0.05) is 34.4 Å². The van der Waals surface area contributed by atoms with E-state index in [2.05, 4.69) is 123 Å². The monoisotopic (exact) mass is 648 g/mol. The van der Waals surface area contributed by atoms with Crippen molar-refractivity contribution in [3.05, 3.63) is 174 Å². The molecular weight excluding hydrogens is 609 g/mol. The van der Waals surface area contributed by atoms with Crippen LogP contribution in [0.4, 0.5) is 28.4 Å². The van der Waals surface area contributed by atoms with Gasteiger partial charge in [0.2, 0.25) is 9.84 Å². The molecule has 2 aliphatic heterocycles. The van der Waals surface area contributed by atoms with Gasteiger partial charge in [-0.2, -0.15) is 0 Å². The summed E-state index contributed by atoms with van der Waals surface area (Å²) >= 11 is 0. The lowest BCUT2D eigenvalue weighted by Crippen LogP contribution is -2.30. The van der Waals surface area contributed by atoms with Crippen LogP contribution in [-0.4, -0.2) is 15.0 Å². The lowest BCUT2D eigenvalue weighted by atomic mass is 9.73. The van der Waals surface area contributed by atoms with E-state index in [1.54, 1.807) is 24.3 Å². The molecule has 0 fully saturated rings. The summed E-state index contributed by atoms with van der Waals surface area (Å²) in [5, 5.41) is 0. The van der Waals surface area contributed by atoms with Crippen molar-refractivity contribution in [2.45, 2.75) is 48.3 Å². The van der Waals surface area contributed by atoms with Gasteiger partial charge in [-0.1, -0.05) is 113 Å². The van der Waals surface area contributed by atoms with Crippen molar-refractivity contribution < 1.29 is 8.42 Å². The van der Waals surface area contributed by atoms with Crippen LogP contribution in [0.2, 0.25) is 0 Å². The highest BCUT2D eigenvalue weighted by Gasteiger charge is 2.36. The van der Waals surface area contributed by atoms with Gasteiger partial charge in [-0.15, -0.1) is 0 Å². The number of allylic oxidation sites excluding steroid dienone is 4. The molecule has 5 heteroatoms. The summed E-state index contributed by atoms with van der Waals surface area (Å²) in [5.41, 5.74) is 9.29. The molecule has 5 aromatic carbocycles. The Kier molecular flexibility index (Phi) is 7.76. The fourth-order valence-electron chi connectivity index (χ4n) is 7.04. The fourth-order valence-corrected chi connectivity index (χ4v) is 8.30. The van der Waals surface area contributed by atoms with E-state index >= 15 is 0 Å². The van der Waals surface area contributed by atoms with Crippen LogP contribution in [-0.2, 0) is 20.7 Å². The molecule has 0 saturated heterocycles. The first-order chi connectivity index (χ1) is 23.0. The zero-order valence-electron chi connectivity index (χ0n) is 27.9. The number of nitrogens with zero attached hydrogens (tertiary/aromatic N) is 2. The van der Waals surface area contributed by atoms with Crippen LogP contribution < -0.4 is 9.80 Å². The van der Waals surface area contributed by atoms with Crippen molar-refractivity contribution in [1.29, 1.82) is 0 Å². The molecule has 0 N–H and O–H groups in total. The first-order valence-corrected chi connectivity index (χ1v) is 17.8. The molecule has 0 radical (unpaired) electrons. The van der Waals surface area contributed by atoms with Crippen LogP contribution in [0.5, 0.6) is 0 Å². The highest BCUT2D eigenvalue weighted by Crippen LogP contribution is 2.51.